The average molecular weight is 494 g/mol. The van der Waals surface area contributed by atoms with E-state index in [-0.39, 0.29) is 11.0 Å². The number of hydrogen-bond acceptors (Lipinski definition) is 4. The Bertz CT molecular complexity index is 1040. The number of methoxy groups -OCH3 is 1. The lowest BCUT2D eigenvalue weighted by Gasteiger charge is -2.37. The van der Waals surface area contributed by atoms with E-state index in [0.29, 0.717) is 6.04 Å². The van der Waals surface area contributed by atoms with Crippen molar-refractivity contribution in [3.63, 3.8) is 0 Å². The Morgan fingerprint density at radius 3 is 2.60 bits per heavy atom. The van der Waals surface area contributed by atoms with Crippen LogP contribution in [0.1, 0.15) is 61.1 Å². The van der Waals surface area contributed by atoms with Crippen LogP contribution in [0, 0.1) is 6.92 Å². The zero-order valence-corrected chi connectivity index (χ0v) is 23.7. The molecular weight excluding hydrogens is 450 g/mol. The van der Waals surface area contributed by atoms with Crippen LogP contribution >= 0.6 is 0 Å². The first-order chi connectivity index (χ1) is 16.5. The molecule has 4 nitrogen and oxygen atoms in total. The molecule has 0 bridgehead atoms. The van der Waals surface area contributed by atoms with E-state index in [4.69, 9.17) is 9.16 Å². The number of rotatable bonds is 10. The molecule has 1 aliphatic rings. The first kappa shape index (κ1) is 27.4. The lowest BCUT2D eigenvalue weighted by atomic mass is 10.0. The zero-order chi connectivity index (χ0) is 25.6. The third kappa shape index (κ3) is 7.39. The molecule has 0 amide bonds. The normalized spacial score (nSPS) is 16.2. The van der Waals surface area contributed by atoms with E-state index in [9.17, 15) is 4.79 Å². The van der Waals surface area contributed by atoms with Gasteiger partial charge in [0.05, 0.1) is 7.11 Å². The fourth-order valence-corrected chi connectivity index (χ4v) is 5.56. The SMILES string of the molecule is COC(=O)/C=C/c1ccc2c(c1)CCC2N(CCO[Si](C)(C)C(C)(C)C)CCc1cccc(C)c1. The van der Waals surface area contributed by atoms with Crippen molar-refractivity contribution in [2.24, 2.45) is 0 Å². The van der Waals surface area contributed by atoms with Crippen molar-refractivity contribution in [3.05, 3.63) is 76.4 Å². The second-order valence-electron chi connectivity index (χ2n) is 11.3. The number of aryl methyl sites for hydroxylation is 2. The molecule has 0 aliphatic heterocycles. The van der Waals surface area contributed by atoms with Crippen molar-refractivity contribution in [2.45, 2.75) is 71.1 Å². The summed E-state index contributed by atoms with van der Waals surface area (Å²) < 4.78 is 11.3. The molecule has 2 aromatic rings. The summed E-state index contributed by atoms with van der Waals surface area (Å²) in [5.41, 5.74) is 6.54. The van der Waals surface area contributed by atoms with Crippen LogP contribution in [0.25, 0.3) is 6.08 Å². The molecule has 1 atom stereocenters. The van der Waals surface area contributed by atoms with Crippen molar-refractivity contribution >= 4 is 20.4 Å². The largest absolute Gasteiger partial charge is 0.466 e. The number of ether oxygens (including phenoxy) is 1. The second kappa shape index (κ2) is 11.7. The van der Waals surface area contributed by atoms with Gasteiger partial charge in [0.1, 0.15) is 0 Å². The Kier molecular flexibility index (Phi) is 9.14. The van der Waals surface area contributed by atoms with Crippen molar-refractivity contribution in [1.29, 1.82) is 0 Å². The van der Waals surface area contributed by atoms with Crippen LogP contribution in [0.3, 0.4) is 0 Å². The van der Waals surface area contributed by atoms with Crippen LogP contribution in [-0.4, -0.2) is 46.0 Å². The highest BCUT2D eigenvalue weighted by molar-refractivity contribution is 6.74. The molecular formula is C30H43NO3Si. The number of esters is 1. The monoisotopic (exact) mass is 493 g/mol. The number of hydrogen-bond donors (Lipinski definition) is 0. The molecule has 0 radical (unpaired) electrons. The molecule has 0 saturated heterocycles. The molecule has 0 fully saturated rings. The molecule has 1 aliphatic carbocycles. The van der Waals surface area contributed by atoms with E-state index in [1.807, 2.05) is 6.08 Å². The molecule has 3 rings (SSSR count). The molecule has 0 N–H and O–H groups in total. The fourth-order valence-electron chi connectivity index (χ4n) is 4.53. The molecule has 35 heavy (non-hydrogen) atoms. The molecule has 0 heterocycles. The minimum Gasteiger partial charge on any atom is -0.466 e. The smallest absolute Gasteiger partial charge is 0.330 e. The second-order valence-corrected chi connectivity index (χ2v) is 16.1. The summed E-state index contributed by atoms with van der Waals surface area (Å²) in [6, 6.07) is 15.8. The first-order valence-electron chi connectivity index (χ1n) is 12.8. The van der Waals surface area contributed by atoms with Gasteiger partial charge in [0, 0.05) is 31.8 Å². The van der Waals surface area contributed by atoms with Gasteiger partial charge in [-0.15, -0.1) is 0 Å². The van der Waals surface area contributed by atoms with Gasteiger partial charge in [0.2, 0.25) is 0 Å². The summed E-state index contributed by atoms with van der Waals surface area (Å²) in [6.45, 7) is 16.4. The van der Waals surface area contributed by atoms with Gasteiger partial charge in [-0.05, 0) is 72.6 Å². The summed E-state index contributed by atoms with van der Waals surface area (Å²) in [4.78, 5) is 14.1. The Hall–Kier alpha value is -2.21. The minimum atomic E-state index is -1.78. The van der Waals surface area contributed by atoms with Gasteiger partial charge in [0.25, 0.3) is 0 Å². The number of carbonyl (C=O) groups is 1. The maximum atomic E-state index is 11.5. The topological polar surface area (TPSA) is 38.8 Å². The highest BCUT2D eigenvalue weighted by Crippen LogP contribution is 2.38. The van der Waals surface area contributed by atoms with Crippen molar-refractivity contribution in [3.8, 4) is 0 Å². The Morgan fingerprint density at radius 2 is 1.91 bits per heavy atom. The summed E-state index contributed by atoms with van der Waals surface area (Å²) in [5, 5.41) is 0.216. The predicted molar refractivity (Wildman–Crippen MR) is 148 cm³/mol. The molecule has 190 valence electrons. The van der Waals surface area contributed by atoms with Crippen molar-refractivity contribution < 1.29 is 14.0 Å². The quantitative estimate of drug-likeness (QED) is 0.209. The summed E-state index contributed by atoms with van der Waals surface area (Å²) >= 11 is 0. The summed E-state index contributed by atoms with van der Waals surface area (Å²) in [5.74, 6) is -0.326. The maximum absolute atomic E-state index is 11.5. The lowest BCUT2D eigenvalue weighted by Crippen LogP contribution is -2.43. The molecule has 1 unspecified atom stereocenters. The Labute approximate surface area is 213 Å². The van der Waals surface area contributed by atoms with Gasteiger partial charge in [-0.2, -0.15) is 0 Å². The third-order valence-corrected chi connectivity index (χ3v) is 12.2. The predicted octanol–water partition coefficient (Wildman–Crippen LogP) is 6.74. The number of benzene rings is 2. The van der Waals surface area contributed by atoms with Gasteiger partial charge >= 0.3 is 5.97 Å². The lowest BCUT2D eigenvalue weighted by molar-refractivity contribution is -0.134. The van der Waals surface area contributed by atoms with Crippen LogP contribution < -0.4 is 0 Å². The van der Waals surface area contributed by atoms with E-state index in [2.05, 4.69) is 88.2 Å². The van der Waals surface area contributed by atoms with Gasteiger partial charge in [-0.3, -0.25) is 4.90 Å². The van der Waals surface area contributed by atoms with E-state index in [1.54, 1.807) is 0 Å². The van der Waals surface area contributed by atoms with Crippen LogP contribution in [-0.2, 0) is 26.8 Å². The summed E-state index contributed by atoms with van der Waals surface area (Å²) in [7, 11) is -0.376. The van der Waals surface area contributed by atoms with Crippen LogP contribution in [0.2, 0.25) is 18.1 Å². The van der Waals surface area contributed by atoms with Gasteiger partial charge in [-0.1, -0.05) is 68.8 Å². The number of carbonyl (C=O) groups excluding carboxylic acids is 1. The average Bonchev–Trinajstić information content (AvgIpc) is 3.22. The standard InChI is InChI=1S/C30H43NO3Si/c1-23-9-8-10-24(21-23)17-18-31(19-20-34-35(6,7)30(2,3)4)28-15-13-26-22-25(11-14-27(26)28)12-16-29(32)33-5/h8-12,14,16,21-22,28H,13,15,17-20H2,1-7H3/b16-12+. The minimum absolute atomic E-state index is 0.216. The third-order valence-electron chi connectivity index (χ3n) is 7.68. The Morgan fingerprint density at radius 1 is 1.14 bits per heavy atom. The van der Waals surface area contributed by atoms with Crippen LogP contribution in [0.4, 0.5) is 0 Å². The van der Waals surface area contributed by atoms with E-state index in [1.165, 1.54) is 35.4 Å². The number of nitrogens with zero attached hydrogens (tertiary/aromatic N) is 1. The van der Waals surface area contributed by atoms with Gasteiger partial charge < -0.3 is 9.16 Å². The van der Waals surface area contributed by atoms with Gasteiger partial charge in [-0.25, -0.2) is 4.79 Å². The zero-order valence-electron chi connectivity index (χ0n) is 22.7. The van der Waals surface area contributed by atoms with E-state index < -0.39 is 8.32 Å². The van der Waals surface area contributed by atoms with Crippen molar-refractivity contribution in [2.75, 3.05) is 26.8 Å². The van der Waals surface area contributed by atoms with Crippen LogP contribution in [0.15, 0.2) is 48.5 Å². The van der Waals surface area contributed by atoms with Gasteiger partial charge in [0.15, 0.2) is 8.32 Å². The van der Waals surface area contributed by atoms with Crippen molar-refractivity contribution in [1.82, 2.24) is 4.90 Å². The summed E-state index contributed by atoms with van der Waals surface area (Å²) in [6.07, 6.45) is 6.54. The first-order valence-corrected chi connectivity index (χ1v) is 15.7. The number of fused-ring (bicyclic) bond motifs is 1. The highest BCUT2D eigenvalue weighted by Gasteiger charge is 2.37. The Balaban J connectivity index is 1.76. The molecule has 0 spiro atoms. The highest BCUT2D eigenvalue weighted by atomic mass is 28.4. The van der Waals surface area contributed by atoms with E-state index in [0.717, 1.165) is 44.5 Å². The molecule has 2 aromatic carbocycles. The molecule has 0 aromatic heterocycles. The molecule has 5 heteroatoms. The van der Waals surface area contributed by atoms with Crippen LogP contribution in [0.5, 0.6) is 0 Å². The molecule has 0 saturated carbocycles. The van der Waals surface area contributed by atoms with E-state index >= 15 is 0 Å². The maximum Gasteiger partial charge on any atom is 0.330 e. The fraction of sp³-hybridized carbons (Fsp3) is 0.500.